The summed E-state index contributed by atoms with van der Waals surface area (Å²) in [5.41, 5.74) is 8.71. The Labute approximate surface area is 95.7 Å². The van der Waals surface area contributed by atoms with E-state index in [9.17, 15) is 0 Å². The molecule has 3 heteroatoms. The van der Waals surface area contributed by atoms with Gasteiger partial charge in [0.1, 0.15) is 5.52 Å². The van der Waals surface area contributed by atoms with Crippen LogP contribution < -0.4 is 5.73 Å². The molecule has 0 spiro atoms. The molecule has 0 aliphatic heterocycles. The highest BCUT2D eigenvalue weighted by Crippen LogP contribution is 2.25. The molecule has 2 aromatic rings. The van der Waals surface area contributed by atoms with Crippen molar-refractivity contribution in [3.63, 3.8) is 0 Å². The van der Waals surface area contributed by atoms with E-state index in [0.717, 1.165) is 35.4 Å². The van der Waals surface area contributed by atoms with Crippen molar-refractivity contribution in [1.29, 1.82) is 0 Å². The van der Waals surface area contributed by atoms with Crippen molar-refractivity contribution in [1.82, 2.24) is 4.98 Å². The quantitative estimate of drug-likeness (QED) is 0.858. The zero-order valence-corrected chi connectivity index (χ0v) is 9.86. The third-order valence-corrected chi connectivity index (χ3v) is 2.90. The van der Waals surface area contributed by atoms with Crippen LogP contribution in [0.15, 0.2) is 22.6 Å². The van der Waals surface area contributed by atoms with Crippen molar-refractivity contribution < 1.29 is 4.42 Å². The lowest BCUT2D eigenvalue weighted by Gasteiger charge is -2.07. The molecule has 0 bridgehead atoms. The number of aromatic nitrogens is 1. The molecule has 0 aliphatic rings. The zero-order valence-electron chi connectivity index (χ0n) is 9.86. The normalized spacial score (nSPS) is 13.2. The minimum Gasteiger partial charge on any atom is -0.440 e. The first-order valence-corrected chi connectivity index (χ1v) is 5.82. The van der Waals surface area contributed by atoms with Crippen LogP contribution in [0, 0.1) is 6.92 Å². The van der Waals surface area contributed by atoms with E-state index in [4.69, 9.17) is 10.2 Å². The highest BCUT2D eigenvalue weighted by molar-refractivity contribution is 5.76. The molecule has 0 radical (unpaired) electrons. The highest BCUT2D eigenvalue weighted by atomic mass is 16.3. The van der Waals surface area contributed by atoms with Crippen LogP contribution >= 0.6 is 0 Å². The van der Waals surface area contributed by atoms with Gasteiger partial charge in [0.25, 0.3) is 0 Å². The average molecular weight is 218 g/mol. The number of para-hydroxylation sites is 1. The first-order valence-electron chi connectivity index (χ1n) is 5.82. The summed E-state index contributed by atoms with van der Waals surface area (Å²) in [6.45, 7) is 4.78. The van der Waals surface area contributed by atoms with Gasteiger partial charge in [0.05, 0.1) is 0 Å². The van der Waals surface area contributed by atoms with Crippen molar-refractivity contribution in [2.24, 2.45) is 5.73 Å². The summed E-state index contributed by atoms with van der Waals surface area (Å²) in [5, 5.41) is 0. The molecule has 16 heavy (non-hydrogen) atoms. The van der Waals surface area contributed by atoms with Crippen LogP contribution in [-0.4, -0.2) is 11.5 Å². The fraction of sp³-hybridized carbons (Fsp3) is 0.462. The van der Waals surface area contributed by atoms with E-state index in [0.29, 0.717) is 6.54 Å². The van der Waals surface area contributed by atoms with Crippen LogP contribution in [0.1, 0.15) is 37.1 Å². The third kappa shape index (κ3) is 1.95. The number of oxazole rings is 1. The van der Waals surface area contributed by atoms with Gasteiger partial charge in [-0.25, -0.2) is 4.98 Å². The van der Waals surface area contributed by atoms with Crippen LogP contribution in [0.3, 0.4) is 0 Å². The lowest BCUT2D eigenvalue weighted by molar-refractivity contribution is 0.452. The monoisotopic (exact) mass is 218 g/mol. The molecule has 3 nitrogen and oxygen atoms in total. The van der Waals surface area contributed by atoms with E-state index in [1.54, 1.807) is 0 Å². The molecule has 0 saturated carbocycles. The summed E-state index contributed by atoms with van der Waals surface area (Å²) >= 11 is 0. The van der Waals surface area contributed by atoms with E-state index in [1.165, 1.54) is 0 Å². The summed E-state index contributed by atoms with van der Waals surface area (Å²) < 4.78 is 5.81. The Morgan fingerprint density at radius 3 is 2.88 bits per heavy atom. The maximum absolute atomic E-state index is 5.81. The smallest absolute Gasteiger partial charge is 0.199 e. The molecule has 2 N–H and O–H groups in total. The van der Waals surface area contributed by atoms with Crippen LogP contribution in [0.25, 0.3) is 11.1 Å². The summed E-state index contributed by atoms with van der Waals surface area (Å²) in [5.74, 6) is 1.03. The van der Waals surface area contributed by atoms with Crippen molar-refractivity contribution in [2.45, 2.75) is 32.6 Å². The van der Waals surface area contributed by atoms with Crippen molar-refractivity contribution in [3.05, 3.63) is 29.7 Å². The van der Waals surface area contributed by atoms with Crippen LogP contribution in [0.4, 0.5) is 0 Å². The Bertz CT molecular complexity index is 476. The standard InChI is InChI=1S/C13H18N2O/c1-3-5-10(8-14)13-15-11-7-4-6-9(2)12(11)16-13/h4,6-7,10H,3,5,8,14H2,1-2H3. The minimum absolute atomic E-state index is 0.247. The van der Waals surface area contributed by atoms with Crippen LogP contribution in [0.5, 0.6) is 0 Å². The highest BCUT2D eigenvalue weighted by Gasteiger charge is 2.16. The van der Waals surface area contributed by atoms with Gasteiger partial charge < -0.3 is 10.2 Å². The molecule has 0 saturated heterocycles. The fourth-order valence-corrected chi connectivity index (χ4v) is 1.97. The predicted molar refractivity (Wildman–Crippen MR) is 65.4 cm³/mol. The van der Waals surface area contributed by atoms with Gasteiger partial charge in [-0.15, -0.1) is 0 Å². The summed E-state index contributed by atoms with van der Waals surface area (Å²) in [4.78, 5) is 4.52. The predicted octanol–water partition coefficient (Wildman–Crippen LogP) is 2.98. The Morgan fingerprint density at radius 2 is 2.25 bits per heavy atom. The molecule has 1 unspecified atom stereocenters. The summed E-state index contributed by atoms with van der Waals surface area (Å²) in [7, 11) is 0. The number of nitrogens with two attached hydrogens (primary N) is 1. The van der Waals surface area contributed by atoms with Gasteiger partial charge in [-0.1, -0.05) is 25.5 Å². The van der Waals surface area contributed by atoms with Crippen molar-refractivity contribution >= 4 is 11.1 Å². The molecule has 86 valence electrons. The van der Waals surface area contributed by atoms with E-state index >= 15 is 0 Å². The summed E-state index contributed by atoms with van der Waals surface area (Å²) in [6.07, 6.45) is 2.13. The van der Waals surface area contributed by atoms with Crippen molar-refractivity contribution in [2.75, 3.05) is 6.54 Å². The topological polar surface area (TPSA) is 52.0 Å². The SMILES string of the molecule is CCCC(CN)c1nc2cccc(C)c2o1. The molecule has 1 aromatic carbocycles. The number of fused-ring (bicyclic) bond motifs is 1. The van der Waals surface area contributed by atoms with E-state index < -0.39 is 0 Å². The number of rotatable bonds is 4. The minimum atomic E-state index is 0.247. The maximum Gasteiger partial charge on any atom is 0.199 e. The first kappa shape index (κ1) is 11.1. The molecule has 1 atom stereocenters. The second-order valence-electron chi connectivity index (χ2n) is 4.20. The molecule has 0 fully saturated rings. The fourth-order valence-electron chi connectivity index (χ4n) is 1.97. The zero-order chi connectivity index (χ0) is 11.5. The van der Waals surface area contributed by atoms with Crippen molar-refractivity contribution in [3.8, 4) is 0 Å². The van der Waals surface area contributed by atoms with E-state index in [2.05, 4.69) is 11.9 Å². The lowest BCUT2D eigenvalue weighted by atomic mass is 10.0. The van der Waals surface area contributed by atoms with Gasteiger partial charge in [-0.2, -0.15) is 0 Å². The van der Waals surface area contributed by atoms with Gasteiger partial charge >= 0.3 is 0 Å². The van der Waals surface area contributed by atoms with Crippen LogP contribution in [-0.2, 0) is 0 Å². The Morgan fingerprint density at radius 1 is 1.44 bits per heavy atom. The lowest BCUT2D eigenvalue weighted by Crippen LogP contribution is -2.12. The second-order valence-corrected chi connectivity index (χ2v) is 4.20. The number of benzene rings is 1. The summed E-state index contributed by atoms with van der Waals surface area (Å²) in [6, 6.07) is 6.02. The van der Waals surface area contributed by atoms with E-state index in [-0.39, 0.29) is 5.92 Å². The van der Waals surface area contributed by atoms with Gasteiger partial charge in [0, 0.05) is 12.5 Å². The molecule has 2 rings (SSSR count). The number of hydrogen-bond acceptors (Lipinski definition) is 3. The number of hydrogen-bond donors (Lipinski definition) is 1. The van der Waals surface area contributed by atoms with Gasteiger partial charge in [0.2, 0.25) is 0 Å². The molecule has 1 heterocycles. The van der Waals surface area contributed by atoms with Crippen LogP contribution in [0.2, 0.25) is 0 Å². The molecular formula is C13H18N2O. The largest absolute Gasteiger partial charge is 0.440 e. The van der Waals surface area contributed by atoms with Gasteiger partial charge in [0.15, 0.2) is 11.5 Å². The number of aryl methyl sites for hydroxylation is 1. The third-order valence-electron chi connectivity index (χ3n) is 2.90. The first-order chi connectivity index (χ1) is 7.76. The molecule has 0 amide bonds. The van der Waals surface area contributed by atoms with Gasteiger partial charge in [-0.05, 0) is 25.0 Å². The van der Waals surface area contributed by atoms with E-state index in [1.807, 2.05) is 25.1 Å². The van der Waals surface area contributed by atoms with Gasteiger partial charge in [-0.3, -0.25) is 0 Å². The molecule has 0 aliphatic carbocycles. The number of nitrogens with zero attached hydrogens (tertiary/aromatic N) is 1. The Kier molecular flexibility index (Phi) is 3.25. The molecule has 1 aromatic heterocycles. The molecular weight excluding hydrogens is 200 g/mol. The Hall–Kier alpha value is -1.35. The second kappa shape index (κ2) is 4.66. The average Bonchev–Trinajstić information content (AvgIpc) is 2.71. The maximum atomic E-state index is 5.81. The Balaban J connectivity index is 2.42.